The van der Waals surface area contributed by atoms with Crippen molar-refractivity contribution in [2.75, 3.05) is 13.6 Å². The Morgan fingerprint density at radius 2 is 2.00 bits per heavy atom. The lowest BCUT2D eigenvalue weighted by Crippen LogP contribution is -2.34. The summed E-state index contributed by atoms with van der Waals surface area (Å²) >= 11 is 0. The van der Waals surface area contributed by atoms with Crippen molar-refractivity contribution in [3.63, 3.8) is 0 Å². The number of carboxylic acids is 1. The van der Waals surface area contributed by atoms with Gasteiger partial charge in [-0.3, -0.25) is 4.79 Å². The highest BCUT2D eigenvalue weighted by molar-refractivity contribution is 5.66. The van der Waals surface area contributed by atoms with Crippen molar-refractivity contribution < 1.29 is 9.90 Å². The molecule has 0 heterocycles. The van der Waals surface area contributed by atoms with E-state index in [1.807, 2.05) is 7.05 Å². The van der Waals surface area contributed by atoms with Crippen LogP contribution in [0.25, 0.3) is 0 Å². The zero-order valence-electron chi connectivity index (χ0n) is 8.33. The van der Waals surface area contributed by atoms with Gasteiger partial charge in [0, 0.05) is 12.6 Å². The van der Waals surface area contributed by atoms with Gasteiger partial charge in [0.1, 0.15) is 0 Å². The minimum atomic E-state index is -0.692. The van der Waals surface area contributed by atoms with E-state index in [9.17, 15) is 4.79 Å². The smallest absolute Gasteiger partial charge is 0.304 e. The third-order valence-electron chi connectivity index (χ3n) is 2.88. The maximum absolute atomic E-state index is 10.4. The Morgan fingerprint density at radius 1 is 1.38 bits per heavy atom. The van der Waals surface area contributed by atoms with Crippen LogP contribution >= 0.6 is 0 Å². The number of rotatable bonds is 4. The number of nitrogens with zero attached hydrogens (tertiary/aromatic N) is 1. The number of carboxylic acid groups (broad SMARTS) is 1. The van der Waals surface area contributed by atoms with Crippen molar-refractivity contribution in [1.29, 1.82) is 0 Å². The van der Waals surface area contributed by atoms with Gasteiger partial charge in [-0.05, 0) is 19.9 Å². The van der Waals surface area contributed by atoms with Gasteiger partial charge in [0.15, 0.2) is 0 Å². The van der Waals surface area contributed by atoms with Crippen LogP contribution in [0.5, 0.6) is 0 Å². The Labute approximate surface area is 79.7 Å². The van der Waals surface area contributed by atoms with Gasteiger partial charge in [-0.2, -0.15) is 0 Å². The van der Waals surface area contributed by atoms with Crippen molar-refractivity contribution >= 4 is 5.97 Å². The monoisotopic (exact) mass is 185 g/mol. The third-order valence-corrected chi connectivity index (χ3v) is 2.88. The van der Waals surface area contributed by atoms with E-state index in [0.717, 1.165) is 0 Å². The summed E-state index contributed by atoms with van der Waals surface area (Å²) in [4.78, 5) is 12.6. The van der Waals surface area contributed by atoms with Gasteiger partial charge in [-0.25, -0.2) is 0 Å². The zero-order valence-corrected chi connectivity index (χ0v) is 8.33. The predicted molar refractivity (Wildman–Crippen MR) is 51.8 cm³/mol. The van der Waals surface area contributed by atoms with Crippen LogP contribution in [0.1, 0.15) is 38.5 Å². The molecule has 0 aromatic carbocycles. The average molecular weight is 185 g/mol. The fraction of sp³-hybridized carbons (Fsp3) is 0.900. The molecule has 0 unspecified atom stereocenters. The molecule has 76 valence electrons. The molecule has 0 aliphatic heterocycles. The van der Waals surface area contributed by atoms with E-state index in [0.29, 0.717) is 12.6 Å². The molecule has 1 aliphatic carbocycles. The van der Waals surface area contributed by atoms with Gasteiger partial charge in [-0.15, -0.1) is 0 Å². The topological polar surface area (TPSA) is 40.5 Å². The summed E-state index contributed by atoms with van der Waals surface area (Å²) in [6.07, 6.45) is 6.73. The SMILES string of the molecule is CN(CCC(=O)O)C1CCCCC1. The number of hydrogen-bond donors (Lipinski definition) is 1. The molecule has 13 heavy (non-hydrogen) atoms. The molecule has 1 rings (SSSR count). The summed E-state index contributed by atoms with van der Waals surface area (Å²) in [7, 11) is 2.04. The Kier molecular flexibility index (Phi) is 4.22. The quantitative estimate of drug-likeness (QED) is 0.725. The second-order valence-electron chi connectivity index (χ2n) is 3.92. The first-order valence-electron chi connectivity index (χ1n) is 5.12. The normalized spacial score (nSPS) is 19.2. The lowest BCUT2D eigenvalue weighted by Gasteiger charge is -2.30. The highest BCUT2D eigenvalue weighted by atomic mass is 16.4. The number of aliphatic carboxylic acids is 1. The molecule has 1 saturated carbocycles. The fourth-order valence-corrected chi connectivity index (χ4v) is 1.98. The Balaban J connectivity index is 2.20. The van der Waals surface area contributed by atoms with Crippen LogP contribution in [0.2, 0.25) is 0 Å². The molecule has 1 N–H and O–H groups in total. The van der Waals surface area contributed by atoms with E-state index in [1.165, 1.54) is 32.1 Å². The van der Waals surface area contributed by atoms with Crippen molar-refractivity contribution in [3.05, 3.63) is 0 Å². The molecule has 0 amide bonds. The Hall–Kier alpha value is -0.570. The molecule has 0 atom stereocenters. The maximum Gasteiger partial charge on any atom is 0.304 e. The van der Waals surface area contributed by atoms with Crippen molar-refractivity contribution in [2.24, 2.45) is 0 Å². The first-order chi connectivity index (χ1) is 6.20. The van der Waals surface area contributed by atoms with Gasteiger partial charge >= 0.3 is 5.97 Å². The van der Waals surface area contributed by atoms with Crippen LogP contribution in [0.15, 0.2) is 0 Å². The molecule has 3 nitrogen and oxygen atoms in total. The first-order valence-corrected chi connectivity index (χ1v) is 5.12. The predicted octanol–water partition coefficient (Wildman–Crippen LogP) is 1.73. The van der Waals surface area contributed by atoms with E-state index < -0.39 is 5.97 Å². The lowest BCUT2D eigenvalue weighted by molar-refractivity contribution is -0.137. The number of hydrogen-bond acceptors (Lipinski definition) is 2. The second-order valence-corrected chi connectivity index (χ2v) is 3.92. The summed E-state index contributed by atoms with van der Waals surface area (Å²) in [6.45, 7) is 0.694. The summed E-state index contributed by atoms with van der Waals surface area (Å²) < 4.78 is 0. The average Bonchev–Trinajstić information content (AvgIpc) is 2.15. The molecule has 3 heteroatoms. The molecule has 0 spiro atoms. The zero-order chi connectivity index (χ0) is 9.68. The lowest BCUT2D eigenvalue weighted by atomic mass is 9.94. The van der Waals surface area contributed by atoms with Gasteiger partial charge in [0.25, 0.3) is 0 Å². The summed E-state index contributed by atoms with van der Waals surface area (Å²) in [5.74, 6) is -0.692. The molecule has 0 aromatic rings. The van der Waals surface area contributed by atoms with E-state index >= 15 is 0 Å². The molecular weight excluding hydrogens is 166 g/mol. The van der Waals surface area contributed by atoms with Gasteiger partial charge < -0.3 is 10.0 Å². The molecule has 0 saturated heterocycles. The summed E-state index contributed by atoms with van der Waals surface area (Å²) in [5.41, 5.74) is 0. The van der Waals surface area contributed by atoms with Crippen molar-refractivity contribution in [2.45, 2.75) is 44.6 Å². The van der Waals surface area contributed by atoms with Gasteiger partial charge in [0.05, 0.1) is 6.42 Å². The highest BCUT2D eigenvalue weighted by Crippen LogP contribution is 2.21. The van der Waals surface area contributed by atoms with Gasteiger partial charge in [0.2, 0.25) is 0 Å². The van der Waals surface area contributed by atoms with Crippen LogP contribution in [-0.2, 0) is 4.79 Å². The van der Waals surface area contributed by atoms with Crippen molar-refractivity contribution in [3.8, 4) is 0 Å². The maximum atomic E-state index is 10.4. The number of carbonyl (C=O) groups is 1. The van der Waals surface area contributed by atoms with E-state index in [1.54, 1.807) is 0 Å². The minimum absolute atomic E-state index is 0.271. The summed E-state index contributed by atoms with van der Waals surface area (Å²) in [6, 6.07) is 0.632. The van der Waals surface area contributed by atoms with Crippen molar-refractivity contribution in [1.82, 2.24) is 4.90 Å². The third kappa shape index (κ3) is 3.77. The van der Waals surface area contributed by atoms with Crippen LogP contribution in [-0.4, -0.2) is 35.6 Å². The molecular formula is C10H19NO2. The Morgan fingerprint density at radius 3 is 2.54 bits per heavy atom. The standard InChI is InChI=1S/C10H19NO2/c1-11(8-7-10(12)13)9-5-3-2-4-6-9/h9H,2-8H2,1H3,(H,12,13). The summed E-state index contributed by atoms with van der Waals surface area (Å²) in [5, 5.41) is 8.53. The minimum Gasteiger partial charge on any atom is -0.481 e. The fourth-order valence-electron chi connectivity index (χ4n) is 1.98. The molecule has 0 aromatic heterocycles. The largest absolute Gasteiger partial charge is 0.481 e. The molecule has 0 bridgehead atoms. The van der Waals surface area contributed by atoms with Crippen LogP contribution < -0.4 is 0 Å². The van der Waals surface area contributed by atoms with Crippen LogP contribution in [0.3, 0.4) is 0 Å². The van der Waals surface area contributed by atoms with E-state index in [4.69, 9.17) is 5.11 Å². The van der Waals surface area contributed by atoms with Gasteiger partial charge in [-0.1, -0.05) is 19.3 Å². The molecule has 1 aliphatic rings. The highest BCUT2D eigenvalue weighted by Gasteiger charge is 2.17. The van der Waals surface area contributed by atoms with E-state index in [2.05, 4.69) is 4.90 Å². The Bertz CT molecular complexity index is 164. The van der Waals surface area contributed by atoms with E-state index in [-0.39, 0.29) is 6.42 Å². The second kappa shape index (κ2) is 5.22. The molecule has 0 radical (unpaired) electrons. The first kappa shape index (κ1) is 10.5. The van der Waals surface area contributed by atoms with Crippen LogP contribution in [0.4, 0.5) is 0 Å². The molecule has 1 fully saturated rings. The van der Waals surface area contributed by atoms with Crippen LogP contribution in [0, 0.1) is 0 Å².